The molecule has 0 spiro atoms. The lowest BCUT2D eigenvalue weighted by Crippen LogP contribution is -2.39. The minimum atomic E-state index is -1.21. The van der Waals surface area contributed by atoms with Crippen LogP contribution in [0.15, 0.2) is 57.8 Å². The van der Waals surface area contributed by atoms with Gasteiger partial charge in [-0.2, -0.15) is 0 Å². The number of halogens is 1. The number of anilines is 1. The molecule has 2 aromatic carbocycles. The number of aliphatic carboxylic acids is 1. The molecule has 1 saturated heterocycles. The van der Waals surface area contributed by atoms with Gasteiger partial charge in [-0.1, -0.05) is 48.8 Å². The summed E-state index contributed by atoms with van der Waals surface area (Å²) < 4.78 is 29.8. The van der Waals surface area contributed by atoms with Gasteiger partial charge in [0.1, 0.15) is 11.4 Å². The number of rotatable bonds is 9. The van der Waals surface area contributed by atoms with Crippen LogP contribution in [0, 0.1) is 25.1 Å². The average Bonchev–Trinajstić information content (AvgIpc) is 2.97. The van der Waals surface area contributed by atoms with E-state index in [4.69, 9.17) is 14.5 Å². The van der Waals surface area contributed by atoms with Crippen molar-refractivity contribution in [1.82, 2.24) is 4.98 Å². The highest BCUT2D eigenvalue weighted by atomic mass is 32.2. The Morgan fingerprint density at radius 1 is 0.959 bits per heavy atom. The highest BCUT2D eigenvalue weighted by molar-refractivity contribution is 7.87. The van der Waals surface area contributed by atoms with Crippen LogP contribution >= 0.6 is 0 Å². The van der Waals surface area contributed by atoms with Crippen LogP contribution in [0.25, 0.3) is 11.1 Å². The third kappa shape index (κ3) is 10.4. The predicted octanol–water partition coefficient (Wildman–Crippen LogP) is 9.41. The molecule has 1 aliphatic rings. The number of hydrogen-bond donors (Lipinski definition) is 1. The number of benzene rings is 2. The average molecular weight is 694 g/mol. The Kier molecular flexibility index (Phi) is 11.8. The Morgan fingerprint density at radius 3 is 2.08 bits per heavy atom. The first-order valence-electron chi connectivity index (χ1n) is 16.9. The van der Waals surface area contributed by atoms with E-state index >= 15 is 0 Å². The maximum absolute atomic E-state index is 13.5. The molecule has 0 radical (unpaired) electrons. The minimum Gasteiger partial charge on any atom is -0.479 e. The molecule has 2 heterocycles. The molecule has 3 aromatic rings. The molecule has 2 unspecified atom stereocenters. The van der Waals surface area contributed by atoms with Gasteiger partial charge in [0.15, 0.2) is 6.10 Å². The van der Waals surface area contributed by atoms with Crippen LogP contribution in [-0.2, 0) is 31.4 Å². The molecule has 0 saturated carbocycles. The number of ether oxygens (including phenoxy) is 2. The van der Waals surface area contributed by atoms with Crippen LogP contribution in [0.3, 0.4) is 0 Å². The second kappa shape index (κ2) is 15.1. The Morgan fingerprint density at radius 2 is 1.55 bits per heavy atom. The summed E-state index contributed by atoms with van der Waals surface area (Å²) >= 11 is 0. The number of amides is 1. The molecule has 1 aromatic heterocycles. The number of carboxylic acid groups (broad SMARTS) is 1. The summed E-state index contributed by atoms with van der Waals surface area (Å²) in [6, 6.07) is 14.3. The maximum Gasteiger partial charge on any atom is 0.440 e. The van der Waals surface area contributed by atoms with Gasteiger partial charge >= 0.3 is 12.1 Å². The molecule has 1 N–H and O–H groups in total. The maximum atomic E-state index is 13.5. The summed E-state index contributed by atoms with van der Waals surface area (Å²) in [6.07, 6.45) is 0.692. The lowest BCUT2D eigenvalue weighted by atomic mass is 9.82. The van der Waals surface area contributed by atoms with Gasteiger partial charge in [-0.15, -0.1) is 4.36 Å². The van der Waals surface area contributed by atoms with Gasteiger partial charge < -0.3 is 19.5 Å². The fraction of sp³-hybridized carbons (Fsp3) is 0.513. The van der Waals surface area contributed by atoms with Crippen LogP contribution < -0.4 is 4.90 Å². The number of aryl methyl sites for hydroxylation is 3. The van der Waals surface area contributed by atoms with Gasteiger partial charge in [-0.3, -0.25) is 4.98 Å². The molecule has 49 heavy (non-hydrogen) atoms. The Balaban J connectivity index is 1.83. The fourth-order valence-electron chi connectivity index (χ4n) is 5.99. The van der Waals surface area contributed by atoms with Crippen LogP contribution in [-0.4, -0.2) is 52.2 Å². The number of carbonyl (C=O) groups excluding carboxylic acids is 1. The van der Waals surface area contributed by atoms with Crippen molar-refractivity contribution in [1.29, 1.82) is 0 Å². The van der Waals surface area contributed by atoms with E-state index in [9.17, 15) is 19.1 Å². The van der Waals surface area contributed by atoms with Crippen LogP contribution in [0.1, 0.15) is 96.9 Å². The van der Waals surface area contributed by atoms with Gasteiger partial charge in [-0.05, 0) is 115 Å². The van der Waals surface area contributed by atoms with E-state index in [0.717, 1.165) is 58.9 Å². The van der Waals surface area contributed by atoms with Crippen LogP contribution in [0.4, 0.5) is 14.9 Å². The summed E-state index contributed by atoms with van der Waals surface area (Å²) in [5, 5.41) is 10.5. The molecule has 0 bridgehead atoms. The number of hydrogen-bond acceptors (Lipinski definition) is 6. The number of carboxylic acids is 1. The number of aromatic nitrogens is 1. The summed E-state index contributed by atoms with van der Waals surface area (Å²) in [6.45, 7) is 20.9. The largest absolute Gasteiger partial charge is 0.479 e. The van der Waals surface area contributed by atoms with Crippen LogP contribution in [0.2, 0.25) is 0 Å². The second-order valence-electron chi connectivity index (χ2n) is 15.6. The molecular weight excluding hydrogens is 642 g/mol. The van der Waals surface area contributed by atoms with Crippen molar-refractivity contribution in [2.45, 2.75) is 111 Å². The van der Waals surface area contributed by atoms with Gasteiger partial charge in [0, 0.05) is 46.3 Å². The van der Waals surface area contributed by atoms with Crippen LogP contribution in [0.5, 0.6) is 0 Å². The smallest absolute Gasteiger partial charge is 0.440 e. The van der Waals surface area contributed by atoms with E-state index in [-0.39, 0.29) is 11.2 Å². The molecule has 2 atom stereocenters. The lowest BCUT2D eigenvalue weighted by molar-refractivity contribution is -0.160. The molecule has 8 nitrogen and oxygen atoms in total. The van der Waals surface area contributed by atoms with E-state index in [0.29, 0.717) is 23.4 Å². The molecular formula is C39H52FN3O5S. The molecule has 10 heteroatoms. The zero-order valence-corrected chi connectivity index (χ0v) is 31.5. The minimum absolute atomic E-state index is 0.186. The molecule has 1 fully saturated rings. The lowest BCUT2D eigenvalue weighted by Gasteiger charge is -2.41. The van der Waals surface area contributed by atoms with E-state index in [1.807, 2.05) is 58.9 Å². The molecule has 0 aliphatic carbocycles. The first kappa shape index (κ1) is 38.2. The first-order valence-corrected chi connectivity index (χ1v) is 18.3. The van der Waals surface area contributed by atoms with Crippen molar-refractivity contribution in [3.63, 3.8) is 0 Å². The highest BCUT2D eigenvalue weighted by Gasteiger charge is 2.36. The van der Waals surface area contributed by atoms with E-state index in [2.05, 4.69) is 23.1 Å². The summed E-state index contributed by atoms with van der Waals surface area (Å²) in [5.41, 5.74) is 4.34. The molecule has 1 amide bonds. The third-order valence-corrected chi connectivity index (χ3v) is 10.2. The third-order valence-electron chi connectivity index (χ3n) is 8.46. The monoisotopic (exact) mass is 693 g/mol. The predicted molar refractivity (Wildman–Crippen MR) is 195 cm³/mol. The Hall–Kier alpha value is -3.63. The fourth-order valence-corrected chi connectivity index (χ4v) is 7.51. The van der Waals surface area contributed by atoms with Crippen molar-refractivity contribution in [2.75, 3.05) is 23.7 Å². The van der Waals surface area contributed by atoms with Crippen molar-refractivity contribution in [2.24, 2.45) is 9.78 Å². The van der Waals surface area contributed by atoms with E-state index in [1.165, 1.54) is 12.1 Å². The first-order chi connectivity index (χ1) is 22.7. The highest BCUT2D eigenvalue weighted by Crippen LogP contribution is 2.45. The van der Waals surface area contributed by atoms with Crippen molar-refractivity contribution < 1.29 is 28.6 Å². The molecule has 4 rings (SSSR count). The van der Waals surface area contributed by atoms with E-state index < -0.39 is 40.1 Å². The normalized spacial score (nSPS) is 16.3. The van der Waals surface area contributed by atoms with E-state index in [1.54, 1.807) is 32.9 Å². The number of nitrogens with zero attached hydrogens (tertiary/aromatic N) is 3. The Labute approximate surface area is 293 Å². The standard InChI is InChI=1S/C39H52FN3O5S/c1-25-31(33(43-22-20-39(9,10)21-23-43)32(26(2)41-25)34(35(44)45)47-37(3,4)5)28-13-17-30(18-14-28)49(42-36(46)48-38(6,7)8)24-19-27-11-15-29(40)16-12-27/h11-18,34H,19-24H2,1-10H3,(H,44,45). The second-order valence-corrected chi connectivity index (χ2v) is 17.4. The zero-order chi connectivity index (χ0) is 36.3. The summed E-state index contributed by atoms with van der Waals surface area (Å²) in [5.74, 6) is -0.815. The topological polar surface area (TPSA) is 101 Å². The molecule has 266 valence electrons. The quantitative estimate of drug-likeness (QED) is 0.238. The Bertz CT molecular complexity index is 1680. The van der Waals surface area contributed by atoms with Gasteiger partial charge in [-0.25, -0.2) is 14.0 Å². The summed E-state index contributed by atoms with van der Waals surface area (Å²) in [4.78, 5) is 33.8. The number of pyridine rings is 1. The van der Waals surface area contributed by atoms with Gasteiger partial charge in [0.2, 0.25) is 0 Å². The van der Waals surface area contributed by atoms with Crippen molar-refractivity contribution in [3.05, 3.63) is 76.9 Å². The van der Waals surface area contributed by atoms with Crippen molar-refractivity contribution >= 4 is 28.4 Å². The SMILES string of the molecule is Cc1nc(C)c(C(OC(C)(C)C)C(=O)O)c(N2CCC(C)(C)CC2)c1-c1ccc(/S(CCc2ccc(F)cc2)=N/C(=O)OC(C)(C)C)cc1. The van der Waals surface area contributed by atoms with Crippen molar-refractivity contribution in [3.8, 4) is 11.1 Å². The number of piperidine rings is 1. The van der Waals surface area contributed by atoms with Gasteiger partial charge in [0.05, 0.1) is 11.3 Å². The number of carbonyl (C=O) groups is 2. The summed E-state index contributed by atoms with van der Waals surface area (Å²) in [7, 11) is -0.847. The van der Waals surface area contributed by atoms with Gasteiger partial charge in [0.25, 0.3) is 0 Å². The zero-order valence-electron chi connectivity index (χ0n) is 30.6. The molecule has 1 aliphatic heterocycles.